The van der Waals surface area contributed by atoms with Crippen LogP contribution >= 0.6 is 11.6 Å². The largest absolute Gasteiger partial charge is 0.489 e. The van der Waals surface area contributed by atoms with Gasteiger partial charge in [-0.05, 0) is 46.9 Å². The Bertz CT molecular complexity index is 891. The van der Waals surface area contributed by atoms with Crippen molar-refractivity contribution in [3.8, 4) is 16.9 Å². The highest BCUT2D eigenvalue weighted by Crippen LogP contribution is 2.25. The first-order chi connectivity index (χ1) is 12.6. The SMILES string of the molecule is O=C(O)CCc1ccc(OCc2cccc(-c3ccccc3)c2)cc1Cl. The maximum Gasteiger partial charge on any atom is 0.303 e. The van der Waals surface area contributed by atoms with Crippen LogP contribution < -0.4 is 4.74 Å². The molecule has 0 saturated heterocycles. The summed E-state index contributed by atoms with van der Waals surface area (Å²) in [5.74, 6) is -0.168. The molecule has 0 fully saturated rings. The molecule has 0 spiro atoms. The summed E-state index contributed by atoms with van der Waals surface area (Å²) >= 11 is 6.23. The molecule has 3 aromatic rings. The number of halogens is 1. The second kappa shape index (κ2) is 8.54. The maximum atomic E-state index is 10.7. The normalized spacial score (nSPS) is 10.5. The van der Waals surface area contributed by atoms with E-state index in [1.165, 1.54) is 5.56 Å². The first-order valence-corrected chi connectivity index (χ1v) is 8.77. The second-order valence-electron chi connectivity index (χ2n) is 6.00. The van der Waals surface area contributed by atoms with Crippen molar-refractivity contribution in [2.75, 3.05) is 0 Å². The third kappa shape index (κ3) is 4.87. The summed E-state index contributed by atoms with van der Waals surface area (Å²) in [5, 5.41) is 9.30. The number of benzene rings is 3. The van der Waals surface area contributed by atoms with Crippen LogP contribution in [0.5, 0.6) is 5.75 Å². The first kappa shape index (κ1) is 18.0. The average Bonchev–Trinajstić information content (AvgIpc) is 2.66. The Labute approximate surface area is 157 Å². The summed E-state index contributed by atoms with van der Waals surface area (Å²) in [7, 11) is 0. The topological polar surface area (TPSA) is 46.5 Å². The predicted molar refractivity (Wildman–Crippen MR) is 104 cm³/mol. The Morgan fingerprint density at radius 2 is 1.69 bits per heavy atom. The number of ether oxygens (including phenoxy) is 1. The van der Waals surface area contributed by atoms with Crippen molar-refractivity contribution in [3.05, 3.63) is 88.9 Å². The monoisotopic (exact) mass is 366 g/mol. The summed E-state index contributed by atoms with van der Waals surface area (Å²) < 4.78 is 5.84. The Hall–Kier alpha value is -2.78. The molecule has 0 bridgehead atoms. The molecule has 1 N–H and O–H groups in total. The van der Waals surface area contributed by atoms with Crippen molar-refractivity contribution >= 4 is 17.6 Å². The average molecular weight is 367 g/mol. The molecule has 0 amide bonds. The molecule has 4 heteroatoms. The fraction of sp³-hybridized carbons (Fsp3) is 0.136. The number of aliphatic carboxylic acids is 1. The Kier molecular flexibility index (Phi) is 5.92. The molecule has 0 unspecified atom stereocenters. The molecular formula is C22H19ClO3. The van der Waals surface area contributed by atoms with Gasteiger partial charge in [-0.2, -0.15) is 0 Å². The Balaban J connectivity index is 1.66. The van der Waals surface area contributed by atoms with Crippen LogP contribution in [0.4, 0.5) is 0 Å². The van der Waals surface area contributed by atoms with Crippen molar-refractivity contribution in [3.63, 3.8) is 0 Å². The van der Waals surface area contributed by atoms with E-state index in [0.717, 1.165) is 16.7 Å². The van der Waals surface area contributed by atoms with Crippen LogP contribution in [0.15, 0.2) is 72.8 Å². The van der Waals surface area contributed by atoms with E-state index in [-0.39, 0.29) is 6.42 Å². The minimum absolute atomic E-state index is 0.0617. The van der Waals surface area contributed by atoms with Crippen LogP contribution in [0.25, 0.3) is 11.1 Å². The number of carbonyl (C=O) groups is 1. The Morgan fingerprint density at radius 3 is 2.42 bits per heavy atom. The predicted octanol–water partition coefficient (Wildman–Crippen LogP) is 5.60. The van der Waals surface area contributed by atoms with E-state index in [1.807, 2.05) is 42.5 Å². The number of aryl methyl sites for hydroxylation is 1. The van der Waals surface area contributed by atoms with E-state index < -0.39 is 5.97 Å². The molecule has 3 rings (SSSR count). The zero-order valence-corrected chi connectivity index (χ0v) is 14.9. The van der Waals surface area contributed by atoms with Gasteiger partial charge in [-0.25, -0.2) is 0 Å². The van der Waals surface area contributed by atoms with E-state index in [9.17, 15) is 4.79 Å². The molecule has 0 heterocycles. The summed E-state index contributed by atoms with van der Waals surface area (Å²) in [4.78, 5) is 10.7. The van der Waals surface area contributed by atoms with Crippen LogP contribution in [0.1, 0.15) is 17.5 Å². The second-order valence-corrected chi connectivity index (χ2v) is 6.41. The van der Waals surface area contributed by atoms with Gasteiger partial charge in [-0.3, -0.25) is 4.79 Å². The lowest BCUT2D eigenvalue weighted by Crippen LogP contribution is -1.99. The van der Waals surface area contributed by atoms with Gasteiger partial charge in [0.2, 0.25) is 0 Å². The van der Waals surface area contributed by atoms with Gasteiger partial charge < -0.3 is 9.84 Å². The van der Waals surface area contributed by atoms with Crippen molar-refractivity contribution < 1.29 is 14.6 Å². The highest BCUT2D eigenvalue weighted by atomic mass is 35.5. The van der Waals surface area contributed by atoms with Crippen molar-refractivity contribution in [1.29, 1.82) is 0 Å². The van der Waals surface area contributed by atoms with Crippen LogP contribution in [-0.4, -0.2) is 11.1 Å². The van der Waals surface area contributed by atoms with Gasteiger partial charge >= 0.3 is 5.97 Å². The van der Waals surface area contributed by atoms with Gasteiger partial charge in [-0.1, -0.05) is 66.2 Å². The van der Waals surface area contributed by atoms with Gasteiger partial charge in [0.15, 0.2) is 0 Å². The van der Waals surface area contributed by atoms with Crippen molar-refractivity contribution in [2.45, 2.75) is 19.4 Å². The zero-order valence-electron chi connectivity index (χ0n) is 14.2. The minimum Gasteiger partial charge on any atom is -0.489 e. The molecule has 0 aliphatic rings. The molecule has 0 radical (unpaired) electrons. The molecular weight excluding hydrogens is 348 g/mol. The fourth-order valence-electron chi connectivity index (χ4n) is 2.70. The molecule has 0 aromatic heterocycles. The number of rotatable bonds is 7. The minimum atomic E-state index is -0.834. The van der Waals surface area contributed by atoms with Gasteiger partial charge in [0.05, 0.1) is 0 Å². The molecule has 3 nitrogen and oxygen atoms in total. The zero-order chi connectivity index (χ0) is 18.4. The highest BCUT2D eigenvalue weighted by molar-refractivity contribution is 6.31. The van der Waals surface area contributed by atoms with Crippen molar-refractivity contribution in [2.24, 2.45) is 0 Å². The molecule has 132 valence electrons. The summed E-state index contributed by atoms with van der Waals surface area (Å²) in [6, 6.07) is 23.8. The molecule has 0 aliphatic heterocycles. The third-order valence-electron chi connectivity index (χ3n) is 4.07. The number of carboxylic acid groups (broad SMARTS) is 1. The van der Waals surface area contributed by atoms with E-state index in [0.29, 0.717) is 23.8 Å². The highest BCUT2D eigenvalue weighted by Gasteiger charge is 2.06. The standard InChI is InChI=1S/C22H19ClO3/c23-21-14-20(11-9-18(21)10-12-22(24)25)26-15-16-5-4-8-19(13-16)17-6-2-1-3-7-17/h1-9,11,13-14H,10,12,15H2,(H,24,25). The fourth-order valence-corrected chi connectivity index (χ4v) is 2.97. The van der Waals surface area contributed by atoms with E-state index in [4.69, 9.17) is 21.4 Å². The lowest BCUT2D eigenvalue weighted by Gasteiger charge is -2.10. The number of carboxylic acids is 1. The van der Waals surface area contributed by atoms with Gasteiger partial charge in [0.1, 0.15) is 12.4 Å². The molecule has 3 aromatic carbocycles. The maximum absolute atomic E-state index is 10.7. The van der Waals surface area contributed by atoms with E-state index in [2.05, 4.69) is 24.3 Å². The third-order valence-corrected chi connectivity index (χ3v) is 4.42. The smallest absolute Gasteiger partial charge is 0.303 e. The summed E-state index contributed by atoms with van der Waals surface area (Å²) in [5.41, 5.74) is 4.19. The van der Waals surface area contributed by atoms with Crippen LogP contribution in [-0.2, 0) is 17.8 Å². The first-order valence-electron chi connectivity index (χ1n) is 8.39. The number of hydrogen-bond donors (Lipinski definition) is 1. The lowest BCUT2D eigenvalue weighted by atomic mass is 10.0. The van der Waals surface area contributed by atoms with Gasteiger partial charge in [0.25, 0.3) is 0 Å². The quantitative estimate of drug-likeness (QED) is 0.591. The molecule has 0 aliphatic carbocycles. The van der Waals surface area contributed by atoms with Crippen LogP contribution in [0.3, 0.4) is 0 Å². The van der Waals surface area contributed by atoms with Gasteiger partial charge in [0, 0.05) is 11.4 Å². The van der Waals surface area contributed by atoms with E-state index >= 15 is 0 Å². The Morgan fingerprint density at radius 1 is 0.923 bits per heavy atom. The number of hydrogen-bond acceptors (Lipinski definition) is 2. The summed E-state index contributed by atoms with van der Waals surface area (Å²) in [6.45, 7) is 0.436. The summed E-state index contributed by atoms with van der Waals surface area (Å²) in [6.07, 6.45) is 0.472. The van der Waals surface area contributed by atoms with Crippen LogP contribution in [0, 0.1) is 0 Å². The molecule has 26 heavy (non-hydrogen) atoms. The molecule has 0 saturated carbocycles. The van der Waals surface area contributed by atoms with Gasteiger partial charge in [-0.15, -0.1) is 0 Å². The van der Waals surface area contributed by atoms with Crippen molar-refractivity contribution in [1.82, 2.24) is 0 Å². The molecule has 0 atom stereocenters. The van der Waals surface area contributed by atoms with Crippen LogP contribution in [0.2, 0.25) is 5.02 Å². The van der Waals surface area contributed by atoms with E-state index in [1.54, 1.807) is 6.07 Å². The lowest BCUT2D eigenvalue weighted by molar-refractivity contribution is -0.136.